The molecule has 6 heteroatoms. The van der Waals surface area contributed by atoms with Crippen molar-refractivity contribution in [2.24, 2.45) is 5.92 Å². The first kappa shape index (κ1) is 14.3. The van der Waals surface area contributed by atoms with E-state index in [2.05, 4.69) is 15.3 Å². The van der Waals surface area contributed by atoms with E-state index in [1.807, 2.05) is 38.1 Å². The third kappa shape index (κ3) is 2.36. The summed E-state index contributed by atoms with van der Waals surface area (Å²) in [4.78, 5) is 19.7. The van der Waals surface area contributed by atoms with E-state index < -0.39 is 12.0 Å². The number of anilines is 1. The lowest BCUT2D eigenvalue weighted by Crippen LogP contribution is -2.45. The average molecular weight is 298 g/mol. The molecule has 2 atom stereocenters. The Hall–Kier alpha value is -2.63. The van der Waals surface area contributed by atoms with E-state index in [9.17, 15) is 9.90 Å². The van der Waals surface area contributed by atoms with Gasteiger partial charge in [0.15, 0.2) is 11.4 Å². The molecule has 0 spiro atoms. The number of carboxylic acid groups (broad SMARTS) is 1. The first-order valence-electron chi connectivity index (χ1n) is 7.21. The number of fused-ring (bicyclic) bond motifs is 3. The van der Waals surface area contributed by atoms with Crippen molar-refractivity contribution < 1.29 is 14.3 Å². The lowest BCUT2D eigenvalue weighted by molar-refractivity contribution is -0.307. The third-order valence-electron chi connectivity index (χ3n) is 3.92. The van der Waals surface area contributed by atoms with E-state index in [1.165, 1.54) is 6.33 Å². The zero-order valence-electron chi connectivity index (χ0n) is 12.4. The maximum absolute atomic E-state index is 11.4. The number of nitrogens with zero attached hydrogens (tertiary/aromatic N) is 2. The van der Waals surface area contributed by atoms with Crippen LogP contribution in [0.15, 0.2) is 35.0 Å². The number of aromatic nitrogens is 2. The Bertz CT molecular complexity index is 828. The van der Waals surface area contributed by atoms with Crippen LogP contribution in [0.5, 0.6) is 0 Å². The van der Waals surface area contributed by atoms with E-state index in [-0.39, 0.29) is 5.92 Å². The smallest absolute Gasteiger partial charge is 0.196 e. The van der Waals surface area contributed by atoms with Crippen molar-refractivity contribution in [3.05, 3.63) is 30.6 Å². The molecule has 22 heavy (non-hydrogen) atoms. The van der Waals surface area contributed by atoms with Crippen LogP contribution < -0.4 is 10.4 Å². The quantitative estimate of drug-likeness (QED) is 0.774. The number of nitrogens with one attached hydrogen (secondary N) is 1. The van der Waals surface area contributed by atoms with E-state index in [0.717, 1.165) is 5.39 Å². The summed E-state index contributed by atoms with van der Waals surface area (Å²) in [7, 11) is 0. The van der Waals surface area contributed by atoms with Gasteiger partial charge in [0.2, 0.25) is 0 Å². The van der Waals surface area contributed by atoms with Gasteiger partial charge in [-0.25, -0.2) is 9.97 Å². The molecule has 0 saturated heterocycles. The normalized spacial score (nSPS) is 14.1. The largest absolute Gasteiger partial charge is 0.548 e. The molecule has 0 unspecified atom stereocenters. The van der Waals surface area contributed by atoms with Crippen LogP contribution in [0.2, 0.25) is 0 Å². The van der Waals surface area contributed by atoms with Gasteiger partial charge in [-0.3, -0.25) is 0 Å². The van der Waals surface area contributed by atoms with Crippen molar-refractivity contribution in [2.75, 3.05) is 5.32 Å². The fourth-order valence-electron chi connectivity index (χ4n) is 2.44. The van der Waals surface area contributed by atoms with Crippen LogP contribution in [-0.2, 0) is 4.79 Å². The number of aliphatic carboxylic acids is 1. The summed E-state index contributed by atoms with van der Waals surface area (Å²) in [6, 6.07) is 6.68. The van der Waals surface area contributed by atoms with Gasteiger partial charge in [-0.2, -0.15) is 0 Å². The van der Waals surface area contributed by atoms with Gasteiger partial charge < -0.3 is 19.6 Å². The highest BCUT2D eigenvalue weighted by Crippen LogP contribution is 2.31. The van der Waals surface area contributed by atoms with Gasteiger partial charge in [0, 0.05) is 5.39 Å². The summed E-state index contributed by atoms with van der Waals surface area (Å²) < 4.78 is 5.78. The Kier molecular flexibility index (Phi) is 3.66. The van der Waals surface area contributed by atoms with Gasteiger partial charge in [-0.15, -0.1) is 0 Å². The van der Waals surface area contributed by atoms with E-state index in [1.54, 1.807) is 0 Å². The molecular weight excluding hydrogens is 282 g/mol. The Labute approximate surface area is 127 Å². The summed E-state index contributed by atoms with van der Waals surface area (Å²) in [5, 5.41) is 15.2. The number of benzene rings is 1. The van der Waals surface area contributed by atoms with Gasteiger partial charge in [-0.05, 0) is 18.1 Å². The van der Waals surface area contributed by atoms with E-state index >= 15 is 0 Å². The Morgan fingerprint density at radius 1 is 1.36 bits per heavy atom. The minimum atomic E-state index is -1.16. The van der Waals surface area contributed by atoms with Crippen molar-refractivity contribution in [2.45, 2.75) is 26.3 Å². The lowest BCUT2D eigenvalue weighted by atomic mass is 9.99. The second-order valence-corrected chi connectivity index (χ2v) is 5.32. The molecule has 0 fully saturated rings. The summed E-state index contributed by atoms with van der Waals surface area (Å²) in [5.74, 6) is -0.882. The highest BCUT2D eigenvalue weighted by molar-refractivity contribution is 6.05. The molecular formula is C16H16N3O3-. The van der Waals surface area contributed by atoms with Crippen molar-refractivity contribution >= 4 is 33.9 Å². The maximum Gasteiger partial charge on any atom is 0.196 e. The molecule has 3 rings (SSSR count). The van der Waals surface area contributed by atoms with Crippen molar-refractivity contribution in [3.8, 4) is 0 Å². The summed E-state index contributed by atoms with van der Waals surface area (Å²) in [5.41, 5.74) is 1.81. The van der Waals surface area contributed by atoms with Crippen LogP contribution >= 0.6 is 0 Å². The van der Waals surface area contributed by atoms with Crippen molar-refractivity contribution in [1.82, 2.24) is 9.97 Å². The molecule has 3 aromatic rings. The number of hydrogen-bond donors (Lipinski definition) is 1. The number of para-hydroxylation sites is 1. The molecule has 2 aromatic heterocycles. The fraction of sp³-hybridized carbons (Fsp3) is 0.312. The molecule has 0 bridgehead atoms. The second kappa shape index (κ2) is 5.63. The van der Waals surface area contributed by atoms with Crippen LogP contribution in [0.4, 0.5) is 5.82 Å². The number of furan rings is 1. The minimum absolute atomic E-state index is 0.0978. The zero-order chi connectivity index (χ0) is 15.7. The first-order valence-corrected chi connectivity index (χ1v) is 7.21. The maximum atomic E-state index is 11.4. The van der Waals surface area contributed by atoms with E-state index in [4.69, 9.17) is 4.42 Å². The lowest BCUT2D eigenvalue weighted by Gasteiger charge is -2.25. The molecule has 0 aliphatic rings. The van der Waals surface area contributed by atoms with Crippen LogP contribution in [0.25, 0.3) is 22.1 Å². The number of hydrogen-bond acceptors (Lipinski definition) is 6. The summed E-state index contributed by atoms with van der Waals surface area (Å²) >= 11 is 0. The highest BCUT2D eigenvalue weighted by Gasteiger charge is 2.20. The average Bonchev–Trinajstić information content (AvgIpc) is 2.91. The van der Waals surface area contributed by atoms with Crippen LogP contribution in [0.3, 0.4) is 0 Å². The van der Waals surface area contributed by atoms with Crippen molar-refractivity contribution in [1.29, 1.82) is 0 Å². The third-order valence-corrected chi connectivity index (χ3v) is 3.92. The van der Waals surface area contributed by atoms with Crippen LogP contribution in [-0.4, -0.2) is 22.0 Å². The molecule has 1 N–H and O–H groups in total. The molecule has 1 aromatic carbocycles. The SMILES string of the molecule is CC[C@H](C)[C@@H](Nc1ncnc2c1oc1ccccc12)C(=O)[O-]. The molecule has 2 heterocycles. The molecule has 0 saturated carbocycles. The Morgan fingerprint density at radius 3 is 2.86 bits per heavy atom. The Balaban J connectivity index is 2.09. The topological polar surface area (TPSA) is 91.1 Å². The van der Waals surface area contributed by atoms with Crippen LogP contribution in [0, 0.1) is 5.92 Å². The van der Waals surface area contributed by atoms with Gasteiger partial charge in [-0.1, -0.05) is 32.4 Å². The van der Waals surface area contributed by atoms with Gasteiger partial charge in [0.25, 0.3) is 0 Å². The number of carbonyl (C=O) groups is 1. The second-order valence-electron chi connectivity index (χ2n) is 5.32. The molecule has 0 aliphatic carbocycles. The predicted molar refractivity (Wildman–Crippen MR) is 81.2 cm³/mol. The first-order chi connectivity index (χ1) is 10.6. The molecule has 0 radical (unpaired) electrons. The highest BCUT2D eigenvalue weighted by atomic mass is 16.4. The molecule has 114 valence electrons. The Morgan fingerprint density at radius 2 is 2.14 bits per heavy atom. The monoisotopic (exact) mass is 298 g/mol. The molecule has 0 aliphatic heterocycles. The molecule has 0 amide bonds. The number of rotatable bonds is 5. The summed E-state index contributed by atoms with van der Waals surface area (Å²) in [6.45, 7) is 3.78. The zero-order valence-corrected chi connectivity index (χ0v) is 12.4. The van der Waals surface area contributed by atoms with Gasteiger partial charge in [0.1, 0.15) is 17.4 Å². The summed E-state index contributed by atoms with van der Waals surface area (Å²) in [6.07, 6.45) is 2.11. The standard InChI is InChI=1S/C16H17N3O3/c1-3-9(2)12(16(20)21)19-15-14-13(17-8-18-15)10-6-4-5-7-11(10)22-14/h4-9,12H,3H2,1-2H3,(H,20,21)(H,17,18,19)/p-1/t9-,12+/m0/s1. The van der Waals surface area contributed by atoms with Crippen molar-refractivity contribution in [3.63, 3.8) is 0 Å². The minimum Gasteiger partial charge on any atom is -0.548 e. The number of carboxylic acids is 1. The van der Waals surface area contributed by atoms with E-state index in [0.29, 0.717) is 28.9 Å². The predicted octanol–water partition coefficient (Wildman–Crippen LogP) is 1.95. The number of carbonyl (C=O) groups excluding carboxylic acids is 1. The van der Waals surface area contributed by atoms with Crippen LogP contribution in [0.1, 0.15) is 20.3 Å². The fourth-order valence-corrected chi connectivity index (χ4v) is 2.44. The van der Waals surface area contributed by atoms with Gasteiger partial charge in [0.05, 0.1) is 12.0 Å². The van der Waals surface area contributed by atoms with Gasteiger partial charge >= 0.3 is 0 Å². The molecule has 6 nitrogen and oxygen atoms in total.